The Kier molecular flexibility index (Phi) is 8.29. The highest BCUT2D eigenvalue weighted by Crippen LogP contribution is 2.22. The van der Waals surface area contributed by atoms with Crippen molar-refractivity contribution in [1.82, 2.24) is 20.9 Å². The minimum absolute atomic E-state index is 0.0643. The van der Waals surface area contributed by atoms with Crippen LogP contribution >= 0.6 is 11.3 Å². The summed E-state index contributed by atoms with van der Waals surface area (Å²) < 4.78 is 0. The first-order chi connectivity index (χ1) is 13.0. The van der Waals surface area contributed by atoms with Gasteiger partial charge < -0.3 is 20.9 Å². The Morgan fingerprint density at radius 2 is 2.04 bits per heavy atom. The number of thiophene rings is 1. The summed E-state index contributed by atoms with van der Waals surface area (Å²) in [7, 11) is 7.59. The van der Waals surface area contributed by atoms with Gasteiger partial charge in [-0.15, -0.1) is 11.3 Å². The summed E-state index contributed by atoms with van der Waals surface area (Å²) >= 11 is 1.76. The highest BCUT2D eigenvalue weighted by Gasteiger charge is 2.15. The number of likely N-dealkylation sites (N-methyl/N-ethyl adjacent to an activating group) is 1. The predicted molar refractivity (Wildman–Crippen MR) is 114 cm³/mol. The number of guanidine groups is 1. The van der Waals surface area contributed by atoms with Gasteiger partial charge in [-0.2, -0.15) is 0 Å². The third-order valence-electron chi connectivity index (χ3n) is 4.30. The summed E-state index contributed by atoms with van der Waals surface area (Å²) in [5.41, 5.74) is 1.80. The normalized spacial score (nSPS) is 12.7. The largest absolute Gasteiger partial charge is 0.356 e. The number of nitrogens with one attached hydrogen (secondary N) is 3. The average Bonchev–Trinajstić information content (AvgIpc) is 3.20. The van der Waals surface area contributed by atoms with E-state index in [2.05, 4.69) is 57.5 Å². The van der Waals surface area contributed by atoms with Gasteiger partial charge in [-0.05, 0) is 49.7 Å². The third kappa shape index (κ3) is 6.37. The lowest BCUT2D eigenvalue weighted by Gasteiger charge is -2.24. The summed E-state index contributed by atoms with van der Waals surface area (Å²) in [6.07, 6.45) is 0.813. The number of hydrogen-bond donors (Lipinski definition) is 3. The summed E-state index contributed by atoms with van der Waals surface area (Å²) in [6.45, 7) is 1.52. The zero-order valence-corrected chi connectivity index (χ0v) is 17.3. The maximum absolute atomic E-state index is 11.7. The van der Waals surface area contributed by atoms with Crippen molar-refractivity contribution in [1.29, 1.82) is 0 Å². The van der Waals surface area contributed by atoms with Gasteiger partial charge in [-0.25, -0.2) is 0 Å². The highest BCUT2D eigenvalue weighted by atomic mass is 32.1. The van der Waals surface area contributed by atoms with Gasteiger partial charge in [-0.3, -0.25) is 9.79 Å². The Bertz CT molecular complexity index is 743. The molecule has 1 aromatic carbocycles. The van der Waals surface area contributed by atoms with E-state index in [4.69, 9.17) is 0 Å². The van der Waals surface area contributed by atoms with Crippen LogP contribution in [0.4, 0.5) is 0 Å². The number of carbonyl (C=O) groups excluding carboxylic acids is 1. The molecule has 3 N–H and O–H groups in total. The van der Waals surface area contributed by atoms with Gasteiger partial charge in [0.1, 0.15) is 0 Å². The molecule has 2 rings (SSSR count). The van der Waals surface area contributed by atoms with E-state index >= 15 is 0 Å². The minimum atomic E-state index is -0.0643. The molecule has 1 unspecified atom stereocenters. The molecule has 0 bridgehead atoms. The summed E-state index contributed by atoms with van der Waals surface area (Å²) in [5.74, 6) is 0.714. The van der Waals surface area contributed by atoms with Gasteiger partial charge in [0.25, 0.3) is 5.91 Å². The van der Waals surface area contributed by atoms with Crippen LogP contribution in [0, 0.1) is 0 Å². The van der Waals surface area contributed by atoms with Crippen LogP contribution in [0.2, 0.25) is 0 Å². The Morgan fingerprint density at radius 1 is 1.22 bits per heavy atom. The molecule has 6 nitrogen and oxygen atoms in total. The van der Waals surface area contributed by atoms with E-state index < -0.39 is 0 Å². The van der Waals surface area contributed by atoms with Crippen molar-refractivity contribution in [2.24, 2.45) is 4.99 Å². The van der Waals surface area contributed by atoms with Crippen LogP contribution in [-0.4, -0.2) is 58.0 Å². The molecule has 0 fully saturated rings. The molecule has 1 amide bonds. The number of hydrogen-bond acceptors (Lipinski definition) is 4. The minimum Gasteiger partial charge on any atom is -0.356 e. The fourth-order valence-electron chi connectivity index (χ4n) is 2.77. The van der Waals surface area contributed by atoms with E-state index in [0.717, 1.165) is 31.0 Å². The van der Waals surface area contributed by atoms with E-state index in [0.29, 0.717) is 11.6 Å². The predicted octanol–water partition coefficient (Wildman–Crippen LogP) is 2.12. The SMILES string of the molecule is CN=C(NCCc1cccc(C(=O)NC)c1)NCC(c1cccs1)N(C)C. The zero-order valence-electron chi connectivity index (χ0n) is 16.5. The molecule has 0 saturated carbocycles. The van der Waals surface area contributed by atoms with Crippen LogP contribution in [0.3, 0.4) is 0 Å². The molecule has 0 saturated heterocycles. The molecule has 146 valence electrons. The van der Waals surface area contributed by atoms with Crippen molar-refractivity contribution in [3.8, 4) is 0 Å². The van der Waals surface area contributed by atoms with Crippen molar-refractivity contribution in [3.63, 3.8) is 0 Å². The van der Waals surface area contributed by atoms with Crippen molar-refractivity contribution in [2.45, 2.75) is 12.5 Å². The van der Waals surface area contributed by atoms with Gasteiger partial charge in [0.15, 0.2) is 5.96 Å². The van der Waals surface area contributed by atoms with Crippen molar-refractivity contribution >= 4 is 23.2 Å². The van der Waals surface area contributed by atoms with Gasteiger partial charge in [0, 0.05) is 37.6 Å². The maximum atomic E-state index is 11.7. The number of rotatable bonds is 8. The quantitative estimate of drug-likeness (QED) is 0.479. The van der Waals surface area contributed by atoms with E-state index in [1.54, 1.807) is 25.4 Å². The van der Waals surface area contributed by atoms with Gasteiger partial charge >= 0.3 is 0 Å². The molecule has 0 aliphatic heterocycles. The lowest BCUT2D eigenvalue weighted by molar-refractivity contribution is 0.0963. The smallest absolute Gasteiger partial charge is 0.251 e. The first-order valence-electron chi connectivity index (χ1n) is 9.00. The molecular formula is C20H29N5OS. The van der Waals surface area contributed by atoms with Gasteiger partial charge in [-0.1, -0.05) is 18.2 Å². The zero-order chi connectivity index (χ0) is 19.6. The second-order valence-corrected chi connectivity index (χ2v) is 7.38. The van der Waals surface area contributed by atoms with Crippen LogP contribution in [-0.2, 0) is 6.42 Å². The number of aliphatic imine (C=N–C) groups is 1. The van der Waals surface area contributed by atoms with Crippen LogP contribution in [0.5, 0.6) is 0 Å². The lowest BCUT2D eigenvalue weighted by atomic mass is 10.1. The Labute approximate surface area is 165 Å². The van der Waals surface area contributed by atoms with E-state index in [9.17, 15) is 4.79 Å². The lowest BCUT2D eigenvalue weighted by Crippen LogP contribution is -2.42. The average molecular weight is 388 g/mol. The van der Waals surface area contributed by atoms with E-state index in [1.807, 2.05) is 24.3 Å². The molecule has 0 aliphatic rings. The van der Waals surface area contributed by atoms with Crippen molar-refractivity contribution in [2.75, 3.05) is 41.3 Å². The third-order valence-corrected chi connectivity index (χ3v) is 5.28. The second-order valence-electron chi connectivity index (χ2n) is 6.40. The van der Waals surface area contributed by atoms with Gasteiger partial charge in [0.05, 0.1) is 6.04 Å². The number of benzene rings is 1. The fourth-order valence-corrected chi connectivity index (χ4v) is 3.69. The molecule has 27 heavy (non-hydrogen) atoms. The van der Waals surface area contributed by atoms with E-state index in [1.165, 1.54) is 4.88 Å². The Hall–Kier alpha value is -2.38. The molecule has 2 aromatic rings. The molecule has 0 aliphatic carbocycles. The van der Waals surface area contributed by atoms with Crippen LogP contribution < -0.4 is 16.0 Å². The van der Waals surface area contributed by atoms with Crippen LogP contribution in [0.15, 0.2) is 46.8 Å². The highest BCUT2D eigenvalue weighted by molar-refractivity contribution is 7.10. The first kappa shape index (κ1) is 20.9. The van der Waals surface area contributed by atoms with Crippen molar-refractivity contribution in [3.05, 3.63) is 57.8 Å². The van der Waals surface area contributed by atoms with Crippen molar-refractivity contribution < 1.29 is 4.79 Å². The molecule has 7 heteroatoms. The molecular weight excluding hydrogens is 358 g/mol. The fraction of sp³-hybridized carbons (Fsp3) is 0.400. The maximum Gasteiger partial charge on any atom is 0.251 e. The second kappa shape index (κ2) is 10.7. The number of nitrogens with zero attached hydrogens (tertiary/aromatic N) is 2. The molecule has 1 aromatic heterocycles. The summed E-state index contributed by atoms with van der Waals surface area (Å²) in [4.78, 5) is 19.6. The van der Waals surface area contributed by atoms with Crippen LogP contribution in [0.25, 0.3) is 0 Å². The van der Waals surface area contributed by atoms with Gasteiger partial charge in [0.2, 0.25) is 0 Å². The summed E-state index contributed by atoms with van der Waals surface area (Å²) in [5, 5.41) is 11.5. The molecule has 0 spiro atoms. The topological polar surface area (TPSA) is 68.8 Å². The molecule has 1 heterocycles. The molecule has 1 atom stereocenters. The Balaban J connectivity index is 1.84. The number of carbonyl (C=O) groups is 1. The van der Waals surface area contributed by atoms with Crippen LogP contribution in [0.1, 0.15) is 26.8 Å². The number of amides is 1. The standard InChI is InChI=1S/C20H29N5OS/c1-21-19(26)16-8-5-7-15(13-16)10-11-23-20(22-2)24-14-17(25(3)4)18-9-6-12-27-18/h5-9,12-13,17H,10-11,14H2,1-4H3,(H,21,26)(H2,22,23,24). The summed E-state index contributed by atoms with van der Waals surface area (Å²) in [6, 6.07) is 12.2. The monoisotopic (exact) mass is 387 g/mol. The van der Waals surface area contributed by atoms with E-state index in [-0.39, 0.29) is 5.91 Å². The first-order valence-corrected chi connectivity index (χ1v) is 9.88. The Morgan fingerprint density at radius 3 is 2.67 bits per heavy atom. The molecule has 0 radical (unpaired) electrons.